The second-order valence-corrected chi connectivity index (χ2v) is 4.92. The molecule has 0 aliphatic rings. The van der Waals surface area contributed by atoms with E-state index >= 15 is 0 Å². The quantitative estimate of drug-likeness (QED) is 0.704. The van der Waals surface area contributed by atoms with Gasteiger partial charge in [-0.1, -0.05) is 19.9 Å². The fourth-order valence-corrected chi connectivity index (χ4v) is 1.41. The van der Waals surface area contributed by atoms with Gasteiger partial charge in [0.15, 0.2) is 0 Å². The van der Waals surface area contributed by atoms with Crippen LogP contribution in [0.3, 0.4) is 0 Å². The second kappa shape index (κ2) is 5.89. The topological polar surface area (TPSA) is 61.7 Å². The molecule has 0 fully saturated rings. The van der Waals surface area contributed by atoms with Crippen molar-refractivity contribution in [3.8, 4) is 11.5 Å². The molecule has 0 unspecified atom stereocenters. The Bertz CT molecular complexity index is 364. The van der Waals surface area contributed by atoms with Crippen LogP contribution in [-0.2, 0) is 6.54 Å². The first-order valence-corrected chi connectivity index (χ1v) is 5.66. The highest BCUT2D eigenvalue weighted by atomic mass is 16.5. The first kappa shape index (κ1) is 13.8. The van der Waals surface area contributed by atoms with E-state index in [9.17, 15) is 5.11 Å². The van der Waals surface area contributed by atoms with Crippen LogP contribution in [0.25, 0.3) is 0 Å². The van der Waals surface area contributed by atoms with Gasteiger partial charge in [0.2, 0.25) is 0 Å². The van der Waals surface area contributed by atoms with Crippen LogP contribution in [-0.4, -0.2) is 30.5 Å². The van der Waals surface area contributed by atoms with E-state index in [-0.39, 0.29) is 17.8 Å². The molecule has 1 rings (SSSR count). The normalized spacial score (nSPS) is 11.5. The Kier molecular flexibility index (Phi) is 4.78. The van der Waals surface area contributed by atoms with Crippen LogP contribution in [0, 0.1) is 5.41 Å². The van der Waals surface area contributed by atoms with Gasteiger partial charge >= 0.3 is 0 Å². The molecule has 0 aromatic heterocycles. The molecule has 0 aliphatic carbocycles. The first-order chi connectivity index (χ1) is 7.98. The number of hydrogen-bond acceptors (Lipinski definition) is 4. The molecule has 0 aliphatic heterocycles. The SMILES string of the molecule is COc1ccc(CNCC(C)(C)CO)c(O)c1. The van der Waals surface area contributed by atoms with Crippen molar-refractivity contribution in [3.05, 3.63) is 23.8 Å². The van der Waals surface area contributed by atoms with E-state index in [4.69, 9.17) is 9.84 Å². The smallest absolute Gasteiger partial charge is 0.123 e. The van der Waals surface area contributed by atoms with Gasteiger partial charge in [0.1, 0.15) is 11.5 Å². The van der Waals surface area contributed by atoms with Crippen molar-refractivity contribution in [3.63, 3.8) is 0 Å². The number of aromatic hydroxyl groups is 1. The van der Waals surface area contributed by atoms with E-state index in [0.29, 0.717) is 18.8 Å². The van der Waals surface area contributed by atoms with Crippen molar-refractivity contribution < 1.29 is 14.9 Å². The van der Waals surface area contributed by atoms with Gasteiger partial charge in [-0.15, -0.1) is 0 Å². The number of rotatable bonds is 6. The molecule has 17 heavy (non-hydrogen) atoms. The Morgan fingerprint density at radius 1 is 1.35 bits per heavy atom. The standard InChI is InChI=1S/C13H21NO3/c1-13(2,9-15)8-14-7-10-4-5-11(17-3)6-12(10)16/h4-6,14-16H,7-9H2,1-3H3. The predicted octanol–water partition coefficient (Wildman–Crippen LogP) is 1.51. The number of benzene rings is 1. The lowest BCUT2D eigenvalue weighted by Gasteiger charge is -2.22. The molecule has 3 N–H and O–H groups in total. The predicted molar refractivity (Wildman–Crippen MR) is 67.2 cm³/mol. The van der Waals surface area contributed by atoms with E-state index < -0.39 is 0 Å². The summed E-state index contributed by atoms with van der Waals surface area (Å²) in [6, 6.07) is 5.23. The number of aliphatic hydroxyl groups is 1. The lowest BCUT2D eigenvalue weighted by molar-refractivity contribution is 0.156. The molecule has 4 heteroatoms. The van der Waals surface area contributed by atoms with Crippen LogP contribution in [0.1, 0.15) is 19.4 Å². The van der Waals surface area contributed by atoms with Crippen LogP contribution in [0.4, 0.5) is 0 Å². The molecule has 0 amide bonds. The van der Waals surface area contributed by atoms with E-state index in [0.717, 1.165) is 5.56 Å². The maximum absolute atomic E-state index is 9.74. The number of methoxy groups -OCH3 is 1. The summed E-state index contributed by atoms with van der Waals surface area (Å²) in [7, 11) is 1.57. The van der Waals surface area contributed by atoms with E-state index in [1.807, 2.05) is 26.0 Å². The lowest BCUT2D eigenvalue weighted by Crippen LogP contribution is -2.31. The van der Waals surface area contributed by atoms with Crippen LogP contribution in [0.5, 0.6) is 11.5 Å². The third-order valence-corrected chi connectivity index (χ3v) is 2.64. The van der Waals surface area contributed by atoms with Crippen LogP contribution in [0.15, 0.2) is 18.2 Å². The molecule has 0 spiro atoms. The number of phenolic OH excluding ortho intramolecular Hbond substituents is 1. The summed E-state index contributed by atoms with van der Waals surface area (Å²) in [6.07, 6.45) is 0. The fraction of sp³-hybridized carbons (Fsp3) is 0.538. The zero-order valence-electron chi connectivity index (χ0n) is 10.7. The fourth-order valence-electron chi connectivity index (χ4n) is 1.41. The molecule has 0 atom stereocenters. The average molecular weight is 239 g/mol. The Morgan fingerprint density at radius 3 is 2.59 bits per heavy atom. The molecule has 0 radical (unpaired) electrons. The number of nitrogens with one attached hydrogen (secondary N) is 1. The monoisotopic (exact) mass is 239 g/mol. The lowest BCUT2D eigenvalue weighted by atomic mass is 9.95. The highest BCUT2D eigenvalue weighted by Gasteiger charge is 2.15. The van der Waals surface area contributed by atoms with Crippen LogP contribution in [0.2, 0.25) is 0 Å². The Labute approximate surface area is 102 Å². The second-order valence-electron chi connectivity index (χ2n) is 4.92. The number of aliphatic hydroxyl groups excluding tert-OH is 1. The number of hydrogen-bond donors (Lipinski definition) is 3. The summed E-state index contributed by atoms with van der Waals surface area (Å²) in [6.45, 7) is 5.35. The minimum Gasteiger partial charge on any atom is -0.507 e. The molecule has 96 valence electrons. The molecule has 1 aromatic carbocycles. The van der Waals surface area contributed by atoms with Crippen molar-refractivity contribution >= 4 is 0 Å². The third-order valence-electron chi connectivity index (χ3n) is 2.64. The van der Waals surface area contributed by atoms with Gasteiger partial charge in [-0.2, -0.15) is 0 Å². The number of phenols is 1. The third kappa shape index (κ3) is 4.24. The van der Waals surface area contributed by atoms with Crippen LogP contribution < -0.4 is 10.1 Å². The number of ether oxygens (including phenoxy) is 1. The maximum atomic E-state index is 9.74. The van der Waals surface area contributed by atoms with Gasteiger partial charge < -0.3 is 20.3 Å². The Balaban J connectivity index is 2.52. The summed E-state index contributed by atoms with van der Waals surface area (Å²) >= 11 is 0. The molecule has 0 saturated carbocycles. The maximum Gasteiger partial charge on any atom is 0.123 e. The van der Waals surface area contributed by atoms with Gasteiger partial charge in [-0.05, 0) is 6.07 Å². The van der Waals surface area contributed by atoms with Gasteiger partial charge in [-0.25, -0.2) is 0 Å². The Hall–Kier alpha value is -1.26. The average Bonchev–Trinajstić information content (AvgIpc) is 2.31. The summed E-state index contributed by atoms with van der Waals surface area (Å²) < 4.78 is 5.01. The van der Waals surface area contributed by atoms with Crippen molar-refractivity contribution in [2.75, 3.05) is 20.3 Å². The first-order valence-electron chi connectivity index (χ1n) is 5.66. The zero-order chi connectivity index (χ0) is 12.9. The highest BCUT2D eigenvalue weighted by molar-refractivity contribution is 5.39. The molecule has 1 aromatic rings. The largest absolute Gasteiger partial charge is 0.507 e. The molecule has 0 bridgehead atoms. The molecular formula is C13H21NO3. The van der Waals surface area contributed by atoms with E-state index in [1.54, 1.807) is 13.2 Å². The van der Waals surface area contributed by atoms with Crippen molar-refractivity contribution in [1.82, 2.24) is 5.32 Å². The molecule has 0 heterocycles. The highest BCUT2D eigenvalue weighted by Crippen LogP contribution is 2.23. The minimum absolute atomic E-state index is 0.134. The van der Waals surface area contributed by atoms with E-state index in [1.165, 1.54) is 0 Å². The molecule has 0 saturated heterocycles. The van der Waals surface area contributed by atoms with Gasteiger partial charge in [0, 0.05) is 36.7 Å². The van der Waals surface area contributed by atoms with Crippen molar-refractivity contribution in [2.45, 2.75) is 20.4 Å². The van der Waals surface area contributed by atoms with Crippen LogP contribution >= 0.6 is 0 Å². The van der Waals surface area contributed by atoms with Gasteiger partial charge in [-0.3, -0.25) is 0 Å². The Morgan fingerprint density at radius 2 is 2.06 bits per heavy atom. The minimum atomic E-state index is -0.151. The van der Waals surface area contributed by atoms with Crippen molar-refractivity contribution in [1.29, 1.82) is 0 Å². The van der Waals surface area contributed by atoms with Gasteiger partial charge in [0.25, 0.3) is 0 Å². The summed E-state index contributed by atoms with van der Waals surface area (Å²) in [5.74, 6) is 0.862. The zero-order valence-corrected chi connectivity index (χ0v) is 10.7. The molecular weight excluding hydrogens is 218 g/mol. The van der Waals surface area contributed by atoms with E-state index in [2.05, 4.69) is 5.32 Å². The summed E-state index contributed by atoms with van der Waals surface area (Å²) in [4.78, 5) is 0. The molecule has 4 nitrogen and oxygen atoms in total. The summed E-state index contributed by atoms with van der Waals surface area (Å²) in [5, 5.41) is 22.1. The van der Waals surface area contributed by atoms with Crippen molar-refractivity contribution in [2.24, 2.45) is 5.41 Å². The van der Waals surface area contributed by atoms with Gasteiger partial charge in [0.05, 0.1) is 7.11 Å². The summed E-state index contributed by atoms with van der Waals surface area (Å²) in [5.41, 5.74) is 0.668.